The summed E-state index contributed by atoms with van der Waals surface area (Å²) < 4.78 is 6.78. The van der Waals surface area contributed by atoms with Crippen LogP contribution >= 0.6 is 15.9 Å². The average molecular weight is 396 g/mol. The summed E-state index contributed by atoms with van der Waals surface area (Å²) in [5, 5.41) is 1.13. The van der Waals surface area contributed by atoms with Crippen LogP contribution in [0.5, 0.6) is 0 Å². The average Bonchev–Trinajstić information content (AvgIpc) is 3.08. The number of nitrogens with zero attached hydrogens (tertiary/aromatic N) is 1. The molecule has 5 rings (SSSR count). The first-order chi connectivity index (χ1) is 12.0. The monoisotopic (exact) mass is 395 g/mol. The van der Waals surface area contributed by atoms with Crippen molar-refractivity contribution in [3.63, 3.8) is 0 Å². The van der Waals surface area contributed by atoms with E-state index in [-0.39, 0.29) is 11.0 Å². The molecular weight excluding hydrogens is 374 g/mol. The van der Waals surface area contributed by atoms with E-state index in [4.69, 9.17) is 4.42 Å². The maximum Gasteiger partial charge on any atom is 0.137 e. The third kappa shape index (κ3) is 1.90. The molecule has 0 N–H and O–H groups in total. The highest BCUT2D eigenvalue weighted by molar-refractivity contribution is 9.10. The van der Waals surface area contributed by atoms with E-state index in [9.17, 15) is 0 Å². The largest absolute Gasteiger partial charge is 0.463 e. The van der Waals surface area contributed by atoms with Gasteiger partial charge in [0.25, 0.3) is 0 Å². The summed E-state index contributed by atoms with van der Waals surface area (Å²) >= 11 is 3.57. The summed E-state index contributed by atoms with van der Waals surface area (Å²) in [6.45, 7) is 4.92. The number of hydrogen-bond acceptors (Lipinski definition) is 2. The number of fused-ring (bicyclic) bond motifs is 4. The van der Waals surface area contributed by atoms with Gasteiger partial charge in [0.1, 0.15) is 11.8 Å². The van der Waals surface area contributed by atoms with E-state index in [1.165, 1.54) is 42.6 Å². The molecule has 3 heteroatoms. The molecule has 2 aliphatic rings. The van der Waals surface area contributed by atoms with Crippen molar-refractivity contribution < 1.29 is 4.42 Å². The Kier molecular flexibility index (Phi) is 3.19. The number of furan rings is 1. The highest BCUT2D eigenvalue weighted by Gasteiger charge is 2.57. The lowest BCUT2D eigenvalue weighted by atomic mass is 9.61. The van der Waals surface area contributed by atoms with E-state index < -0.39 is 0 Å². The molecule has 0 amide bonds. The van der Waals surface area contributed by atoms with Gasteiger partial charge in [0.15, 0.2) is 0 Å². The van der Waals surface area contributed by atoms with E-state index >= 15 is 0 Å². The van der Waals surface area contributed by atoms with Crippen LogP contribution in [-0.4, -0.2) is 5.54 Å². The van der Waals surface area contributed by atoms with Gasteiger partial charge in [-0.2, -0.15) is 0 Å². The second-order valence-electron chi connectivity index (χ2n) is 7.93. The predicted molar refractivity (Wildman–Crippen MR) is 107 cm³/mol. The van der Waals surface area contributed by atoms with Gasteiger partial charge in [0, 0.05) is 28.2 Å². The first kappa shape index (κ1) is 15.5. The third-order valence-electron chi connectivity index (χ3n) is 6.78. The summed E-state index contributed by atoms with van der Waals surface area (Å²) in [7, 11) is 0. The minimum absolute atomic E-state index is 0.104. The van der Waals surface area contributed by atoms with Crippen molar-refractivity contribution in [3.8, 4) is 0 Å². The first-order valence-electron chi connectivity index (χ1n) is 9.11. The Bertz CT molecular complexity index is 977. The van der Waals surface area contributed by atoms with Gasteiger partial charge < -0.3 is 9.32 Å². The summed E-state index contributed by atoms with van der Waals surface area (Å²) in [6, 6.07) is 15.6. The molecule has 0 bridgehead atoms. The zero-order valence-corrected chi connectivity index (χ0v) is 16.3. The number of para-hydroxylation sites is 1. The number of hydrogen-bond donors (Lipinski definition) is 0. The van der Waals surface area contributed by atoms with Crippen LogP contribution in [-0.2, 0) is 5.41 Å². The van der Waals surface area contributed by atoms with Crippen LogP contribution in [0.3, 0.4) is 0 Å². The Morgan fingerprint density at radius 2 is 1.84 bits per heavy atom. The molecule has 1 aliphatic carbocycles. The molecule has 0 saturated heterocycles. The van der Waals surface area contributed by atoms with Gasteiger partial charge >= 0.3 is 0 Å². The number of benzene rings is 2. The molecule has 2 atom stereocenters. The molecule has 25 heavy (non-hydrogen) atoms. The zero-order valence-electron chi connectivity index (χ0n) is 14.7. The van der Waals surface area contributed by atoms with Crippen LogP contribution in [0, 0.1) is 0 Å². The normalized spacial score (nSPS) is 28.2. The molecule has 1 aromatic heterocycles. The van der Waals surface area contributed by atoms with Crippen LogP contribution in [0.25, 0.3) is 11.0 Å². The predicted octanol–water partition coefficient (Wildman–Crippen LogP) is 6.94. The molecule has 2 nitrogen and oxygen atoms in total. The number of anilines is 2. The Balaban J connectivity index is 1.75. The first-order valence-corrected chi connectivity index (χ1v) is 9.90. The maximum atomic E-state index is 5.76. The van der Waals surface area contributed by atoms with Gasteiger partial charge in [-0.05, 0) is 59.5 Å². The van der Waals surface area contributed by atoms with Gasteiger partial charge in [-0.15, -0.1) is 0 Å². The summed E-state index contributed by atoms with van der Waals surface area (Å²) in [6.07, 6.45) is 6.87. The van der Waals surface area contributed by atoms with Crippen LogP contribution in [0.4, 0.5) is 11.4 Å². The molecule has 128 valence electrons. The van der Waals surface area contributed by atoms with E-state index in [1.807, 2.05) is 0 Å². The summed E-state index contributed by atoms with van der Waals surface area (Å²) in [4.78, 5) is 2.58. The Morgan fingerprint density at radius 1 is 1.04 bits per heavy atom. The lowest BCUT2D eigenvalue weighted by molar-refractivity contribution is 0.195. The Hall–Kier alpha value is -1.74. The van der Waals surface area contributed by atoms with Crippen LogP contribution in [0.2, 0.25) is 0 Å². The van der Waals surface area contributed by atoms with Gasteiger partial charge in [-0.3, -0.25) is 0 Å². The van der Waals surface area contributed by atoms with Crippen molar-refractivity contribution in [2.45, 2.75) is 50.5 Å². The van der Waals surface area contributed by atoms with Gasteiger partial charge in [-0.1, -0.05) is 38.0 Å². The fourth-order valence-electron chi connectivity index (χ4n) is 5.23. The van der Waals surface area contributed by atoms with E-state index in [1.54, 1.807) is 6.26 Å². The quantitative estimate of drug-likeness (QED) is 0.443. The van der Waals surface area contributed by atoms with Crippen molar-refractivity contribution in [1.29, 1.82) is 0 Å². The van der Waals surface area contributed by atoms with Crippen LogP contribution in [0.1, 0.15) is 45.1 Å². The van der Waals surface area contributed by atoms with E-state index in [0.29, 0.717) is 0 Å². The van der Waals surface area contributed by atoms with Crippen molar-refractivity contribution in [1.82, 2.24) is 0 Å². The lowest BCUT2D eigenvalue weighted by Gasteiger charge is -2.50. The minimum atomic E-state index is 0.104. The van der Waals surface area contributed by atoms with E-state index in [2.05, 4.69) is 77.1 Å². The molecule has 3 aromatic rings. The van der Waals surface area contributed by atoms with Crippen molar-refractivity contribution in [3.05, 3.63) is 58.8 Å². The van der Waals surface area contributed by atoms with Crippen molar-refractivity contribution >= 4 is 38.3 Å². The molecule has 2 aromatic carbocycles. The zero-order chi connectivity index (χ0) is 17.2. The second-order valence-corrected chi connectivity index (χ2v) is 8.78. The molecule has 1 saturated carbocycles. The second kappa shape index (κ2) is 5.14. The van der Waals surface area contributed by atoms with Crippen LogP contribution in [0.15, 0.2) is 57.6 Å². The molecule has 0 radical (unpaired) electrons. The highest BCUT2D eigenvalue weighted by Crippen LogP contribution is 2.60. The number of rotatable bonds is 1. The lowest BCUT2D eigenvalue weighted by Crippen LogP contribution is -2.54. The number of halogens is 1. The fourth-order valence-corrected chi connectivity index (χ4v) is 5.65. The topological polar surface area (TPSA) is 16.4 Å². The molecule has 0 spiro atoms. The van der Waals surface area contributed by atoms with Gasteiger partial charge in [-0.25, -0.2) is 0 Å². The molecule has 2 heterocycles. The summed E-state index contributed by atoms with van der Waals surface area (Å²) in [5.41, 5.74) is 5.33. The van der Waals surface area contributed by atoms with Crippen molar-refractivity contribution in [2.24, 2.45) is 0 Å². The molecular formula is C22H22BrNO. The highest BCUT2D eigenvalue weighted by atomic mass is 79.9. The summed E-state index contributed by atoms with van der Waals surface area (Å²) in [5.74, 6) is 0. The van der Waals surface area contributed by atoms with Gasteiger partial charge in [0.05, 0.1) is 10.0 Å². The Labute approximate surface area is 156 Å². The molecule has 1 fully saturated rings. The van der Waals surface area contributed by atoms with E-state index in [0.717, 1.165) is 15.4 Å². The standard InChI is InChI=1S/C22H22BrNO/c1-21-11-5-6-12-22(21,2)24(19-8-4-3-7-17(19)21)15-9-10-16-18(23)14-25-20(16)13-15/h3-4,7-10,13-14H,5-6,11-12H2,1-2H3. The smallest absolute Gasteiger partial charge is 0.137 e. The van der Waals surface area contributed by atoms with Gasteiger partial charge in [0.2, 0.25) is 0 Å². The van der Waals surface area contributed by atoms with Crippen LogP contribution < -0.4 is 4.90 Å². The molecule has 1 aliphatic heterocycles. The maximum absolute atomic E-state index is 5.76. The minimum Gasteiger partial charge on any atom is -0.463 e. The van der Waals surface area contributed by atoms with Crippen molar-refractivity contribution in [2.75, 3.05) is 4.90 Å². The third-order valence-corrected chi connectivity index (χ3v) is 7.40. The Morgan fingerprint density at radius 3 is 2.72 bits per heavy atom. The fraction of sp³-hybridized carbons (Fsp3) is 0.364. The molecule has 2 unspecified atom stereocenters. The SMILES string of the molecule is CC12CCCCC1(C)N(c1ccc3c(Br)coc3c1)c1ccccc12.